The molecule has 0 aromatic heterocycles. The van der Waals surface area contributed by atoms with E-state index < -0.39 is 0 Å². The molecule has 0 unspecified atom stereocenters. The molecule has 3 rings (SSSR count). The Morgan fingerprint density at radius 1 is 0.759 bits per heavy atom. The van der Waals surface area contributed by atoms with E-state index in [0.29, 0.717) is 30.3 Å². The summed E-state index contributed by atoms with van der Waals surface area (Å²) in [5.74, 6) is 1.09. The van der Waals surface area contributed by atoms with Crippen LogP contribution in [0.5, 0.6) is 11.5 Å². The van der Waals surface area contributed by atoms with Gasteiger partial charge >= 0.3 is 0 Å². The number of ether oxygens (including phenoxy) is 2. The van der Waals surface area contributed by atoms with Gasteiger partial charge in [0.25, 0.3) is 0 Å². The summed E-state index contributed by atoms with van der Waals surface area (Å²) < 4.78 is 12.5. The smallest absolute Gasteiger partial charge is 0.153 e. The van der Waals surface area contributed by atoms with Crippen LogP contribution in [0.3, 0.4) is 0 Å². The first kappa shape index (κ1) is 20.6. The van der Waals surface area contributed by atoms with Crippen LogP contribution in [0.15, 0.2) is 78.3 Å². The van der Waals surface area contributed by atoms with Gasteiger partial charge in [-0.3, -0.25) is 4.79 Å². The number of hydrogen-bond acceptors (Lipinski definition) is 3. The van der Waals surface area contributed by atoms with Crippen molar-refractivity contribution in [3.63, 3.8) is 0 Å². The van der Waals surface area contributed by atoms with Crippen molar-refractivity contribution in [2.75, 3.05) is 0 Å². The largest absolute Gasteiger partial charge is 0.488 e. The van der Waals surface area contributed by atoms with Gasteiger partial charge in [0.15, 0.2) is 6.29 Å². The van der Waals surface area contributed by atoms with Gasteiger partial charge in [-0.1, -0.05) is 73.8 Å². The van der Waals surface area contributed by atoms with Crippen LogP contribution in [-0.4, -0.2) is 6.29 Å². The lowest BCUT2D eigenvalue weighted by atomic mass is 10.1. The van der Waals surface area contributed by atoms with Crippen LogP contribution in [0.2, 0.25) is 0 Å². The molecule has 3 aromatic carbocycles. The van der Waals surface area contributed by atoms with Crippen LogP contribution in [-0.2, 0) is 13.2 Å². The second kappa shape index (κ2) is 9.89. The minimum Gasteiger partial charge on any atom is -0.488 e. The van der Waals surface area contributed by atoms with Gasteiger partial charge in [-0.2, -0.15) is 0 Å². The summed E-state index contributed by atoms with van der Waals surface area (Å²) in [4.78, 5) is 11.6. The molecule has 0 aliphatic carbocycles. The molecule has 0 N–H and O–H groups in total. The van der Waals surface area contributed by atoms with Gasteiger partial charge in [0.1, 0.15) is 24.7 Å². The zero-order valence-electron chi connectivity index (χ0n) is 15.9. The van der Waals surface area contributed by atoms with Gasteiger partial charge in [0.05, 0.1) is 10.0 Å². The normalized spacial score (nSPS) is 10.2. The van der Waals surface area contributed by atoms with Crippen molar-refractivity contribution in [1.82, 2.24) is 0 Å². The maximum absolute atomic E-state index is 11.6. The lowest BCUT2D eigenvalue weighted by Crippen LogP contribution is -2.01. The summed E-state index contributed by atoms with van der Waals surface area (Å²) in [6.45, 7) is 8.25. The predicted octanol–water partition coefficient (Wildman–Crippen LogP) is 6.71. The third-order valence-electron chi connectivity index (χ3n) is 4.41. The van der Waals surface area contributed by atoms with Crippen molar-refractivity contribution in [2.24, 2.45) is 0 Å². The Morgan fingerprint density at radius 2 is 1.24 bits per heavy atom. The van der Waals surface area contributed by atoms with E-state index >= 15 is 0 Å². The van der Waals surface area contributed by atoms with Crippen LogP contribution in [0.25, 0.3) is 12.2 Å². The molecular formula is C25H21BrO3. The van der Waals surface area contributed by atoms with E-state index in [1.165, 1.54) is 0 Å². The standard InChI is InChI=1S/C25H21BrO3/c1-3-18-5-9-20(10-6-18)16-28-24-14-23(26)25(13-22(24)15-27)29-17-21-11-7-19(4-2)8-12-21/h3-15H,1-2,16-17H2. The van der Waals surface area contributed by atoms with Crippen molar-refractivity contribution >= 4 is 34.4 Å². The highest BCUT2D eigenvalue weighted by Crippen LogP contribution is 2.33. The summed E-state index contributed by atoms with van der Waals surface area (Å²) in [5, 5.41) is 0. The third kappa shape index (κ3) is 5.46. The van der Waals surface area contributed by atoms with Gasteiger partial charge in [0, 0.05) is 0 Å². The summed E-state index contributed by atoms with van der Waals surface area (Å²) >= 11 is 3.51. The second-order valence-corrected chi connectivity index (χ2v) is 7.26. The molecule has 3 nitrogen and oxygen atoms in total. The molecule has 0 radical (unpaired) electrons. The summed E-state index contributed by atoms with van der Waals surface area (Å²) in [6, 6.07) is 19.3. The molecule has 0 aliphatic rings. The van der Waals surface area contributed by atoms with Crippen LogP contribution in [0.4, 0.5) is 0 Å². The van der Waals surface area contributed by atoms with Crippen LogP contribution >= 0.6 is 15.9 Å². The van der Waals surface area contributed by atoms with Gasteiger partial charge in [-0.05, 0) is 50.3 Å². The number of hydrogen-bond donors (Lipinski definition) is 0. The minimum absolute atomic E-state index is 0.362. The van der Waals surface area contributed by atoms with Crippen LogP contribution in [0, 0.1) is 0 Å². The minimum atomic E-state index is 0.362. The molecule has 0 fully saturated rings. The first-order valence-electron chi connectivity index (χ1n) is 9.10. The number of carbonyl (C=O) groups is 1. The molecule has 29 heavy (non-hydrogen) atoms. The molecule has 4 heteroatoms. The Hall–Kier alpha value is -3.11. The Labute approximate surface area is 179 Å². The predicted molar refractivity (Wildman–Crippen MR) is 121 cm³/mol. The second-order valence-electron chi connectivity index (χ2n) is 6.41. The topological polar surface area (TPSA) is 35.5 Å². The van der Waals surface area contributed by atoms with Gasteiger partial charge in [0.2, 0.25) is 0 Å². The Kier molecular flexibility index (Phi) is 7.04. The summed E-state index contributed by atoms with van der Waals surface area (Å²) in [6.07, 6.45) is 4.36. The monoisotopic (exact) mass is 448 g/mol. The quantitative estimate of drug-likeness (QED) is 0.341. The van der Waals surface area contributed by atoms with Gasteiger partial charge < -0.3 is 9.47 Å². The maximum atomic E-state index is 11.6. The van der Waals surface area contributed by atoms with Crippen LogP contribution < -0.4 is 9.47 Å². The highest BCUT2D eigenvalue weighted by Gasteiger charge is 2.11. The Morgan fingerprint density at radius 3 is 1.69 bits per heavy atom. The van der Waals surface area contributed by atoms with E-state index in [1.807, 2.05) is 48.5 Å². The molecule has 0 spiro atoms. The number of aldehydes is 1. The van der Waals surface area contributed by atoms with Crippen molar-refractivity contribution in [2.45, 2.75) is 13.2 Å². The molecule has 0 heterocycles. The number of carbonyl (C=O) groups excluding carboxylic acids is 1. The zero-order valence-corrected chi connectivity index (χ0v) is 17.5. The maximum Gasteiger partial charge on any atom is 0.153 e. The van der Waals surface area contributed by atoms with E-state index in [-0.39, 0.29) is 0 Å². The Bertz CT molecular complexity index is 1010. The molecule has 0 saturated heterocycles. The van der Waals surface area contributed by atoms with Crippen molar-refractivity contribution in [3.8, 4) is 11.5 Å². The Balaban J connectivity index is 1.69. The average Bonchev–Trinajstić information content (AvgIpc) is 2.77. The van der Waals surface area contributed by atoms with Crippen LogP contribution in [0.1, 0.15) is 32.6 Å². The number of halogens is 1. The average molecular weight is 449 g/mol. The third-order valence-corrected chi connectivity index (χ3v) is 5.03. The number of rotatable bonds is 9. The molecule has 146 valence electrons. The zero-order chi connectivity index (χ0) is 20.6. The first-order chi connectivity index (χ1) is 14.1. The molecule has 0 bridgehead atoms. The van der Waals surface area contributed by atoms with E-state index in [2.05, 4.69) is 29.1 Å². The fourth-order valence-electron chi connectivity index (χ4n) is 2.70. The van der Waals surface area contributed by atoms with E-state index in [4.69, 9.17) is 9.47 Å². The molecule has 0 atom stereocenters. The fraction of sp³-hybridized carbons (Fsp3) is 0.0800. The van der Waals surface area contributed by atoms with Gasteiger partial charge in [-0.15, -0.1) is 0 Å². The number of benzene rings is 3. The summed E-state index contributed by atoms with van der Waals surface area (Å²) in [7, 11) is 0. The van der Waals surface area contributed by atoms with Crippen molar-refractivity contribution in [3.05, 3.63) is 106 Å². The summed E-state index contributed by atoms with van der Waals surface area (Å²) in [5.41, 5.74) is 4.57. The van der Waals surface area contributed by atoms with Crippen molar-refractivity contribution < 1.29 is 14.3 Å². The van der Waals surface area contributed by atoms with E-state index in [9.17, 15) is 4.79 Å². The van der Waals surface area contributed by atoms with E-state index in [0.717, 1.165) is 33.0 Å². The lowest BCUT2D eigenvalue weighted by molar-refractivity contribution is 0.111. The molecule has 3 aromatic rings. The molecule has 0 aliphatic heterocycles. The fourth-order valence-corrected chi connectivity index (χ4v) is 3.14. The lowest BCUT2D eigenvalue weighted by Gasteiger charge is -2.13. The molecule has 0 saturated carbocycles. The van der Waals surface area contributed by atoms with E-state index in [1.54, 1.807) is 24.3 Å². The van der Waals surface area contributed by atoms with Crippen molar-refractivity contribution in [1.29, 1.82) is 0 Å². The molecular weight excluding hydrogens is 428 g/mol. The highest BCUT2D eigenvalue weighted by molar-refractivity contribution is 9.10. The highest BCUT2D eigenvalue weighted by atomic mass is 79.9. The molecule has 0 amide bonds. The van der Waals surface area contributed by atoms with Gasteiger partial charge in [-0.25, -0.2) is 0 Å². The SMILES string of the molecule is C=Cc1ccc(COc2cc(C=O)c(OCc3ccc(C=C)cc3)cc2Br)cc1. The first-order valence-corrected chi connectivity index (χ1v) is 9.89.